The van der Waals surface area contributed by atoms with Crippen LogP contribution < -0.4 is 10.2 Å². The monoisotopic (exact) mass is 292 g/mol. The van der Waals surface area contributed by atoms with Crippen LogP contribution in [0.1, 0.15) is 45.7 Å². The first-order valence-corrected chi connectivity index (χ1v) is 7.84. The lowest BCUT2D eigenvalue weighted by Crippen LogP contribution is -2.35. The number of rotatable bonds is 7. The van der Waals surface area contributed by atoms with Gasteiger partial charge in [0, 0.05) is 37.5 Å². The lowest BCUT2D eigenvalue weighted by atomic mass is 10.1. The van der Waals surface area contributed by atoms with Crippen LogP contribution >= 0.6 is 0 Å². The fraction of sp³-hybridized carbons (Fsp3) is 0.667. The van der Waals surface area contributed by atoms with Gasteiger partial charge in [0.1, 0.15) is 0 Å². The Labute approximate surface area is 130 Å². The molecule has 120 valence electrons. The van der Waals surface area contributed by atoms with Gasteiger partial charge in [0.15, 0.2) is 0 Å². The average molecular weight is 292 g/mol. The minimum atomic E-state index is 0.148. The zero-order valence-electron chi connectivity index (χ0n) is 14.8. The molecule has 0 unspecified atom stereocenters. The molecule has 1 N–H and O–H groups in total. The highest BCUT2D eigenvalue weighted by molar-refractivity contribution is 5.55. The van der Waals surface area contributed by atoms with Crippen LogP contribution in [0.4, 0.5) is 5.69 Å². The lowest BCUT2D eigenvalue weighted by Gasteiger charge is -2.30. The smallest absolute Gasteiger partial charge is 0.0637 e. The van der Waals surface area contributed by atoms with Crippen LogP contribution in [0.3, 0.4) is 0 Å². The summed E-state index contributed by atoms with van der Waals surface area (Å²) in [6.07, 6.45) is 0. The number of benzene rings is 1. The first-order valence-electron chi connectivity index (χ1n) is 7.84. The summed E-state index contributed by atoms with van der Waals surface area (Å²) in [5.41, 5.74) is 4.12. The van der Waals surface area contributed by atoms with E-state index >= 15 is 0 Å². The Morgan fingerprint density at radius 3 is 2.38 bits per heavy atom. The fourth-order valence-corrected chi connectivity index (χ4v) is 2.36. The molecule has 0 heterocycles. The van der Waals surface area contributed by atoms with E-state index in [1.807, 2.05) is 0 Å². The van der Waals surface area contributed by atoms with E-state index in [0.29, 0.717) is 6.04 Å². The van der Waals surface area contributed by atoms with Crippen LogP contribution in [0.5, 0.6) is 0 Å². The molecule has 0 aliphatic carbocycles. The van der Waals surface area contributed by atoms with E-state index in [0.717, 1.165) is 19.7 Å². The van der Waals surface area contributed by atoms with Crippen molar-refractivity contribution >= 4 is 5.69 Å². The molecule has 0 spiro atoms. The Morgan fingerprint density at radius 1 is 1.24 bits per heavy atom. The number of hydrogen-bond donors (Lipinski definition) is 1. The fourth-order valence-electron chi connectivity index (χ4n) is 2.36. The summed E-state index contributed by atoms with van der Waals surface area (Å²) in [7, 11) is 1.76. The first kappa shape index (κ1) is 18.0. The third-order valence-corrected chi connectivity index (χ3v) is 3.55. The highest BCUT2D eigenvalue weighted by Crippen LogP contribution is 2.23. The largest absolute Gasteiger partial charge is 0.383 e. The molecule has 0 atom stereocenters. The molecular formula is C18H32N2O. The second-order valence-corrected chi connectivity index (χ2v) is 7.00. The van der Waals surface area contributed by atoms with Crippen molar-refractivity contribution in [2.24, 2.45) is 0 Å². The first-order chi connectivity index (χ1) is 9.74. The maximum atomic E-state index is 5.23. The topological polar surface area (TPSA) is 24.5 Å². The van der Waals surface area contributed by atoms with E-state index in [2.05, 4.69) is 70.0 Å². The van der Waals surface area contributed by atoms with Crippen molar-refractivity contribution in [3.05, 3.63) is 29.3 Å². The standard InChI is InChI=1S/C18H32N2O/c1-14(2)20(10-11-21-7)17-9-8-16(12-15(17)3)13-19-18(4,5)6/h8-9,12,14,19H,10-11,13H2,1-7H3. The number of anilines is 1. The minimum absolute atomic E-state index is 0.148. The number of nitrogens with zero attached hydrogens (tertiary/aromatic N) is 1. The molecule has 1 aromatic rings. The van der Waals surface area contributed by atoms with Crippen LogP contribution in [-0.4, -0.2) is 31.8 Å². The molecular weight excluding hydrogens is 260 g/mol. The zero-order valence-corrected chi connectivity index (χ0v) is 14.8. The molecule has 0 saturated carbocycles. The van der Waals surface area contributed by atoms with Gasteiger partial charge in [-0.1, -0.05) is 12.1 Å². The van der Waals surface area contributed by atoms with Gasteiger partial charge in [-0.15, -0.1) is 0 Å². The van der Waals surface area contributed by atoms with Gasteiger partial charge >= 0.3 is 0 Å². The normalized spacial score (nSPS) is 12.0. The molecule has 1 aromatic carbocycles. The van der Waals surface area contributed by atoms with E-state index < -0.39 is 0 Å². The zero-order chi connectivity index (χ0) is 16.0. The van der Waals surface area contributed by atoms with Crippen LogP contribution in [-0.2, 0) is 11.3 Å². The van der Waals surface area contributed by atoms with Crippen LogP contribution in [0.15, 0.2) is 18.2 Å². The third-order valence-electron chi connectivity index (χ3n) is 3.55. The molecule has 0 radical (unpaired) electrons. The molecule has 0 bridgehead atoms. The van der Waals surface area contributed by atoms with Crippen molar-refractivity contribution < 1.29 is 4.74 Å². The van der Waals surface area contributed by atoms with E-state index in [1.54, 1.807) is 7.11 Å². The Kier molecular flexibility index (Phi) is 6.69. The summed E-state index contributed by atoms with van der Waals surface area (Å²) in [6, 6.07) is 7.22. The second kappa shape index (κ2) is 7.81. The summed E-state index contributed by atoms with van der Waals surface area (Å²) in [6.45, 7) is 15.8. The maximum Gasteiger partial charge on any atom is 0.0637 e. The Hall–Kier alpha value is -1.06. The van der Waals surface area contributed by atoms with Gasteiger partial charge in [0.25, 0.3) is 0 Å². The summed E-state index contributed by atoms with van der Waals surface area (Å²) >= 11 is 0. The second-order valence-electron chi connectivity index (χ2n) is 7.00. The molecule has 0 aliphatic rings. The van der Waals surface area contributed by atoms with Crippen molar-refractivity contribution in [1.82, 2.24) is 5.32 Å². The van der Waals surface area contributed by atoms with Gasteiger partial charge in [-0.2, -0.15) is 0 Å². The maximum absolute atomic E-state index is 5.23. The molecule has 21 heavy (non-hydrogen) atoms. The number of nitrogens with one attached hydrogen (secondary N) is 1. The quantitative estimate of drug-likeness (QED) is 0.828. The van der Waals surface area contributed by atoms with E-state index in [4.69, 9.17) is 4.74 Å². The van der Waals surface area contributed by atoms with Gasteiger partial charge in [-0.25, -0.2) is 0 Å². The van der Waals surface area contributed by atoms with Crippen molar-refractivity contribution in [3.8, 4) is 0 Å². The lowest BCUT2D eigenvalue weighted by molar-refractivity contribution is 0.204. The van der Waals surface area contributed by atoms with Crippen molar-refractivity contribution in [3.63, 3.8) is 0 Å². The Balaban J connectivity index is 2.84. The molecule has 0 saturated heterocycles. The van der Waals surface area contributed by atoms with Gasteiger partial charge in [0.05, 0.1) is 6.61 Å². The molecule has 1 rings (SSSR count). The van der Waals surface area contributed by atoms with Crippen LogP contribution in [0, 0.1) is 6.92 Å². The van der Waals surface area contributed by atoms with Crippen molar-refractivity contribution in [2.75, 3.05) is 25.2 Å². The molecule has 0 aliphatic heterocycles. The molecule has 0 amide bonds. The summed E-state index contributed by atoms with van der Waals surface area (Å²) in [4.78, 5) is 2.40. The number of methoxy groups -OCH3 is 1. The van der Waals surface area contributed by atoms with Gasteiger partial charge in [-0.3, -0.25) is 0 Å². The highest BCUT2D eigenvalue weighted by Gasteiger charge is 2.14. The number of hydrogen-bond acceptors (Lipinski definition) is 3. The SMILES string of the molecule is COCCN(c1ccc(CNC(C)(C)C)cc1C)C(C)C. The average Bonchev–Trinajstić information content (AvgIpc) is 2.37. The van der Waals surface area contributed by atoms with Crippen LogP contribution in [0.2, 0.25) is 0 Å². The minimum Gasteiger partial charge on any atom is -0.383 e. The van der Waals surface area contributed by atoms with Crippen molar-refractivity contribution in [2.45, 2.75) is 59.7 Å². The molecule has 0 fully saturated rings. The van der Waals surface area contributed by atoms with E-state index in [-0.39, 0.29) is 5.54 Å². The van der Waals surface area contributed by atoms with Gasteiger partial charge in [0.2, 0.25) is 0 Å². The third kappa shape index (κ3) is 6.06. The van der Waals surface area contributed by atoms with Gasteiger partial charge < -0.3 is 15.0 Å². The highest BCUT2D eigenvalue weighted by atomic mass is 16.5. The number of aryl methyl sites for hydroxylation is 1. The number of ether oxygens (including phenoxy) is 1. The molecule has 3 nitrogen and oxygen atoms in total. The Morgan fingerprint density at radius 2 is 1.90 bits per heavy atom. The van der Waals surface area contributed by atoms with Gasteiger partial charge in [-0.05, 0) is 58.7 Å². The predicted molar refractivity (Wildman–Crippen MR) is 92.1 cm³/mol. The predicted octanol–water partition coefficient (Wildman–Crippen LogP) is 3.74. The summed E-state index contributed by atoms with van der Waals surface area (Å²) in [5.74, 6) is 0. The summed E-state index contributed by atoms with van der Waals surface area (Å²) < 4.78 is 5.23. The molecule has 3 heteroatoms. The van der Waals surface area contributed by atoms with E-state index in [1.165, 1.54) is 16.8 Å². The Bertz CT molecular complexity index is 435. The van der Waals surface area contributed by atoms with Crippen molar-refractivity contribution in [1.29, 1.82) is 0 Å². The van der Waals surface area contributed by atoms with Crippen LogP contribution in [0.25, 0.3) is 0 Å². The summed E-state index contributed by atoms with van der Waals surface area (Å²) in [5, 5.41) is 3.54. The molecule has 0 aromatic heterocycles. The van der Waals surface area contributed by atoms with E-state index in [9.17, 15) is 0 Å².